The van der Waals surface area contributed by atoms with E-state index in [9.17, 15) is 4.79 Å². The molecular weight excluding hydrogens is 334 g/mol. The van der Waals surface area contributed by atoms with Crippen LogP contribution in [0.4, 0.5) is 0 Å². The number of aromatic nitrogens is 3. The Labute approximate surface area is 144 Å². The summed E-state index contributed by atoms with van der Waals surface area (Å²) in [5.41, 5.74) is 0.587. The maximum Gasteiger partial charge on any atom is 0.217 e. The smallest absolute Gasteiger partial charge is 0.217 e. The van der Waals surface area contributed by atoms with Gasteiger partial charge in [-0.05, 0) is 13.3 Å². The van der Waals surface area contributed by atoms with E-state index in [1.165, 1.54) is 0 Å². The van der Waals surface area contributed by atoms with E-state index in [1.807, 2.05) is 23.9 Å². The quantitative estimate of drug-likeness (QED) is 0.914. The lowest BCUT2D eigenvalue weighted by Gasteiger charge is -2.28. The standard InChI is InChI=1S/C15H20ClN5OS/c1-10-8-23-14(18-10)15(19-11(2)22)4-5-21(9-15)7-13-17-6-12(16)20(13)3/h6,8H,4-5,7,9H2,1-3H3,(H,19,22). The van der Waals surface area contributed by atoms with Gasteiger partial charge in [0.05, 0.1) is 12.7 Å². The zero-order chi connectivity index (χ0) is 16.6. The van der Waals surface area contributed by atoms with Gasteiger partial charge in [-0.2, -0.15) is 0 Å². The summed E-state index contributed by atoms with van der Waals surface area (Å²) in [6.07, 6.45) is 2.51. The number of carbonyl (C=O) groups excluding carboxylic acids is 1. The van der Waals surface area contributed by atoms with E-state index in [1.54, 1.807) is 24.5 Å². The number of aryl methyl sites for hydroxylation is 1. The molecular formula is C15H20ClN5OS. The molecule has 0 spiro atoms. The fourth-order valence-corrected chi connectivity index (χ4v) is 4.16. The van der Waals surface area contributed by atoms with Crippen LogP contribution in [0.25, 0.3) is 0 Å². The molecule has 0 aliphatic carbocycles. The van der Waals surface area contributed by atoms with E-state index in [0.717, 1.165) is 36.0 Å². The number of thiazole rings is 1. The summed E-state index contributed by atoms with van der Waals surface area (Å²) in [7, 11) is 1.91. The number of likely N-dealkylation sites (tertiary alicyclic amines) is 1. The molecule has 124 valence electrons. The van der Waals surface area contributed by atoms with Gasteiger partial charge in [-0.3, -0.25) is 9.69 Å². The molecule has 1 aliphatic heterocycles. The number of halogens is 1. The van der Waals surface area contributed by atoms with Crippen LogP contribution in [-0.2, 0) is 23.9 Å². The highest BCUT2D eigenvalue weighted by atomic mass is 35.5. The maximum atomic E-state index is 11.7. The van der Waals surface area contributed by atoms with Crippen molar-refractivity contribution in [1.29, 1.82) is 0 Å². The number of hydrogen-bond donors (Lipinski definition) is 1. The van der Waals surface area contributed by atoms with E-state index < -0.39 is 5.54 Å². The van der Waals surface area contributed by atoms with Crippen molar-refractivity contribution in [2.45, 2.75) is 32.4 Å². The third-order valence-electron chi connectivity index (χ3n) is 4.18. The summed E-state index contributed by atoms with van der Waals surface area (Å²) in [4.78, 5) is 23.0. The highest BCUT2D eigenvalue weighted by Crippen LogP contribution is 2.34. The molecule has 1 saturated heterocycles. The minimum atomic E-state index is -0.403. The van der Waals surface area contributed by atoms with Gasteiger partial charge < -0.3 is 9.88 Å². The van der Waals surface area contributed by atoms with E-state index >= 15 is 0 Å². The first-order valence-electron chi connectivity index (χ1n) is 7.49. The van der Waals surface area contributed by atoms with Gasteiger partial charge in [0.25, 0.3) is 0 Å². The van der Waals surface area contributed by atoms with Crippen LogP contribution in [-0.4, -0.2) is 38.4 Å². The maximum absolute atomic E-state index is 11.7. The third kappa shape index (κ3) is 3.27. The molecule has 1 aliphatic rings. The van der Waals surface area contributed by atoms with Crippen LogP contribution in [0.3, 0.4) is 0 Å². The van der Waals surface area contributed by atoms with Crippen molar-refractivity contribution in [1.82, 2.24) is 24.8 Å². The van der Waals surface area contributed by atoms with Gasteiger partial charge in [0.2, 0.25) is 5.91 Å². The molecule has 6 nitrogen and oxygen atoms in total. The van der Waals surface area contributed by atoms with Crippen molar-refractivity contribution in [3.63, 3.8) is 0 Å². The van der Waals surface area contributed by atoms with Crippen LogP contribution < -0.4 is 5.32 Å². The summed E-state index contributed by atoms with van der Waals surface area (Å²) < 4.78 is 1.88. The number of amides is 1. The lowest BCUT2D eigenvalue weighted by atomic mass is 9.99. The summed E-state index contributed by atoms with van der Waals surface area (Å²) in [5.74, 6) is 0.892. The van der Waals surface area contributed by atoms with Crippen LogP contribution in [0.5, 0.6) is 0 Å². The molecule has 1 atom stereocenters. The normalized spacial score (nSPS) is 21.7. The van der Waals surface area contributed by atoms with Gasteiger partial charge in [-0.15, -0.1) is 11.3 Å². The molecule has 1 amide bonds. The van der Waals surface area contributed by atoms with Crippen LogP contribution in [0.2, 0.25) is 5.15 Å². The monoisotopic (exact) mass is 353 g/mol. The Balaban J connectivity index is 1.80. The second-order valence-corrected chi connectivity index (χ2v) is 7.32. The Morgan fingerprint density at radius 1 is 1.57 bits per heavy atom. The molecule has 3 rings (SSSR count). The van der Waals surface area contributed by atoms with Crippen LogP contribution in [0.1, 0.15) is 29.9 Å². The lowest BCUT2D eigenvalue weighted by Crippen LogP contribution is -2.47. The van der Waals surface area contributed by atoms with Gasteiger partial charge in [-0.25, -0.2) is 9.97 Å². The Morgan fingerprint density at radius 2 is 2.35 bits per heavy atom. The molecule has 0 saturated carbocycles. The summed E-state index contributed by atoms with van der Waals surface area (Å²) in [5, 5.41) is 6.77. The van der Waals surface area contributed by atoms with Crippen molar-refractivity contribution >= 4 is 28.8 Å². The molecule has 2 aromatic rings. The average Bonchev–Trinajstić information content (AvgIpc) is 3.16. The molecule has 1 unspecified atom stereocenters. The van der Waals surface area contributed by atoms with Crippen LogP contribution >= 0.6 is 22.9 Å². The van der Waals surface area contributed by atoms with Crippen molar-refractivity contribution < 1.29 is 4.79 Å². The Morgan fingerprint density at radius 3 is 2.91 bits per heavy atom. The number of nitrogens with zero attached hydrogens (tertiary/aromatic N) is 4. The second kappa shape index (κ2) is 6.22. The predicted octanol–water partition coefficient (Wildman–Crippen LogP) is 2.08. The molecule has 1 N–H and O–H groups in total. The number of nitrogens with one attached hydrogen (secondary N) is 1. The first kappa shape index (κ1) is 16.4. The zero-order valence-electron chi connectivity index (χ0n) is 13.5. The summed E-state index contributed by atoms with van der Waals surface area (Å²) in [6, 6.07) is 0. The predicted molar refractivity (Wildman–Crippen MR) is 90.5 cm³/mol. The summed E-state index contributed by atoms with van der Waals surface area (Å²) >= 11 is 7.66. The fourth-order valence-electron chi connectivity index (χ4n) is 3.04. The van der Waals surface area contributed by atoms with E-state index in [-0.39, 0.29) is 5.91 Å². The molecule has 23 heavy (non-hydrogen) atoms. The van der Waals surface area contributed by atoms with Gasteiger partial charge >= 0.3 is 0 Å². The van der Waals surface area contributed by atoms with Gasteiger partial charge in [0, 0.05) is 38.1 Å². The van der Waals surface area contributed by atoms with E-state index in [4.69, 9.17) is 11.6 Å². The van der Waals surface area contributed by atoms with Gasteiger partial charge in [0.15, 0.2) is 0 Å². The topological polar surface area (TPSA) is 63.1 Å². The molecule has 0 bridgehead atoms. The Hall–Kier alpha value is -1.44. The molecule has 2 aromatic heterocycles. The fraction of sp³-hybridized carbons (Fsp3) is 0.533. The van der Waals surface area contributed by atoms with Crippen molar-refractivity contribution in [3.8, 4) is 0 Å². The third-order valence-corrected chi connectivity index (χ3v) is 5.70. The van der Waals surface area contributed by atoms with Crippen molar-refractivity contribution in [2.24, 2.45) is 7.05 Å². The molecule has 0 aromatic carbocycles. The number of rotatable bonds is 4. The lowest BCUT2D eigenvalue weighted by molar-refractivity contribution is -0.120. The largest absolute Gasteiger partial charge is 0.343 e. The molecule has 0 radical (unpaired) electrons. The second-order valence-electron chi connectivity index (χ2n) is 6.07. The average molecular weight is 354 g/mol. The van der Waals surface area contributed by atoms with E-state index in [0.29, 0.717) is 11.7 Å². The van der Waals surface area contributed by atoms with Crippen LogP contribution in [0.15, 0.2) is 11.6 Å². The van der Waals surface area contributed by atoms with Crippen molar-refractivity contribution in [3.05, 3.63) is 33.3 Å². The van der Waals surface area contributed by atoms with Gasteiger partial charge in [-0.1, -0.05) is 11.6 Å². The summed E-state index contributed by atoms with van der Waals surface area (Å²) in [6.45, 7) is 5.84. The first-order chi connectivity index (χ1) is 10.9. The Bertz CT molecular complexity index is 727. The van der Waals surface area contributed by atoms with Gasteiger partial charge in [0.1, 0.15) is 21.5 Å². The minimum absolute atomic E-state index is 0.0280. The SMILES string of the molecule is CC(=O)NC1(c2nc(C)cs2)CCN(Cc2ncc(Cl)n2C)C1. The molecule has 1 fully saturated rings. The Kier molecular flexibility index (Phi) is 4.44. The highest BCUT2D eigenvalue weighted by molar-refractivity contribution is 7.09. The molecule has 8 heteroatoms. The number of imidazole rings is 1. The van der Waals surface area contributed by atoms with Crippen LogP contribution in [0, 0.1) is 6.92 Å². The number of carbonyl (C=O) groups is 1. The number of hydrogen-bond acceptors (Lipinski definition) is 5. The zero-order valence-corrected chi connectivity index (χ0v) is 15.0. The highest BCUT2D eigenvalue weighted by Gasteiger charge is 2.42. The van der Waals surface area contributed by atoms with E-state index in [2.05, 4.69) is 20.2 Å². The van der Waals surface area contributed by atoms with Crippen molar-refractivity contribution in [2.75, 3.05) is 13.1 Å². The minimum Gasteiger partial charge on any atom is -0.343 e. The molecule has 3 heterocycles. The first-order valence-corrected chi connectivity index (χ1v) is 8.75.